The van der Waals surface area contributed by atoms with Crippen LogP contribution in [0.5, 0.6) is 0 Å². The van der Waals surface area contributed by atoms with Gasteiger partial charge in [0.1, 0.15) is 5.82 Å². The van der Waals surface area contributed by atoms with Gasteiger partial charge in [-0.25, -0.2) is 4.98 Å². The Morgan fingerprint density at radius 1 is 1.58 bits per heavy atom. The van der Waals surface area contributed by atoms with Crippen LogP contribution >= 0.6 is 11.8 Å². The minimum absolute atomic E-state index is 0.441. The summed E-state index contributed by atoms with van der Waals surface area (Å²) in [7, 11) is 0. The van der Waals surface area contributed by atoms with Crippen LogP contribution in [0.2, 0.25) is 0 Å². The summed E-state index contributed by atoms with van der Waals surface area (Å²) in [5, 5.41) is 3.25. The lowest BCUT2D eigenvalue weighted by molar-refractivity contribution is 0.899. The van der Waals surface area contributed by atoms with Crippen LogP contribution in [0, 0.1) is 0 Å². The summed E-state index contributed by atoms with van der Waals surface area (Å²) in [6, 6.07) is 0.441. The van der Waals surface area contributed by atoms with Gasteiger partial charge in [-0.2, -0.15) is 11.8 Å². The SMILES string of the molecule is CSCC(C)Nc1cnccn1. The first-order valence-electron chi connectivity index (χ1n) is 3.84. The van der Waals surface area contributed by atoms with Gasteiger partial charge in [0.15, 0.2) is 0 Å². The Morgan fingerprint density at radius 3 is 3.00 bits per heavy atom. The van der Waals surface area contributed by atoms with Crippen LogP contribution in [0.3, 0.4) is 0 Å². The monoisotopic (exact) mass is 183 g/mol. The molecule has 3 nitrogen and oxygen atoms in total. The standard InChI is InChI=1S/C8H13N3S/c1-7(6-12-2)11-8-5-9-3-4-10-8/h3-5,7H,6H2,1-2H3,(H,10,11). The van der Waals surface area contributed by atoms with Crippen molar-refractivity contribution in [1.82, 2.24) is 9.97 Å². The Morgan fingerprint density at radius 2 is 2.42 bits per heavy atom. The zero-order valence-corrected chi connectivity index (χ0v) is 8.14. The van der Waals surface area contributed by atoms with Gasteiger partial charge in [-0.1, -0.05) is 0 Å². The predicted octanol–water partition coefficient (Wildman–Crippen LogP) is 1.64. The molecule has 1 unspecified atom stereocenters. The van der Waals surface area contributed by atoms with Crippen LogP contribution in [-0.4, -0.2) is 28.0 Å². The van der Waals surface area contributed by atoms with Crippen LogP contribution in [-0.2, 0) is 0 Å². The third-order valence-corrected chi connectivity index (χ3v) is 2.21. The molecule has 0 aliphatic heterocycles. The van der Waals surface area contributed by atoms with E-state index in [0.29, 0.717) is 6.04 Å². The predicted molar refractivity (Wildman–Crippen MR) is 53.5 cm³/mol. The summed E-state index contributed by atoms with van der Waals surface area (Å²) in [4.78, 5) is 8.08. The quantitative estimate of drug-likeness (QED) is 0.770. The summed E-state index contributed by atoms with van der Waals surface area (Å²) in [6.07, 6.45) is 7.18. The fourth-order valence-electron chi connectivity index (χ4n) is 0.918. The minimum Gasteiger partial charge on any atom is -0.366 e. The van der Waals surface area contributed by atoms with E-state index >= 15 is 0 Å². The number of rotatable bonds is 4. The van der Waals surface area contributed by atoms with Crippen molar-refractivity contribution in [3.8, 4) is 0 Å². The van der Waals surface area contributed by atoms with E-state index in [0.717, 1.165) is 11.6 Å². The maximum absolute atomic E-state index is 4.12. The van der Waals surface area contributed by atoms with Gasteiger partial charge in [0.25, 0.3) is 0 Å². The molecule has 66 valence electrons. The highest BCUT2D eigenvalue weighted by molar-refractivity contribution is 7.98. The molecule has 0 amide bonds. The van der Waals surface area contributed by atoms with Gasteiger partial charge in [-0.3, -0.25) is 4.98 Å². The lowest BCUT2D eigenvalue weighted by atomic mass is 10.4. The molecule has 0 fully saturated rings. The average molecular weight is 183 g/mol. The lowest BCUT2D eigenvalue weighted by Gasteiger charge is -2.11. The van der Waals surface area contributed by atoms with Crippen molar-refractivity contribution >= 4 is 17.6 Å². The number of hydrogen-bond acceptors (Lipinski definition) is 4. The molecule has 0 aliphatic rings. The van der Waals surface area contributed by atoms with Crippen molar-refractivity contribution in [1.29, 1.82) is 0 Å². The molecule has 1 aromatic rings. The number of nitrogens with one attached hydrogen (secondary N) is 1. The lowest BCUT2D eigenvalue weighted by Crippen LogP contribution is -2.18. The summed E-state index contributed by atoms with van der Waals surface area (Å²) in [5.41, 5.74) is 0. The fraction of sp³-hybridized carbons (Fsp3) is 0.500. The fourth-order valence-corrected chi connectivity index (χ4v) is 1.50. The Hall–Kier alpha value is -0.770. The van der Waals surface area contributed by atoms with E-state index in [4.69, 9.17) is 0 Å². The molecule has 1 aromatic heterocycles. The molecular formula is C8H13N3S. The molecule has 1 N–H and O–H groups in total. The van der Waals surface area contributed by atoms with Crippen molar-refractivity contribution in [2.75, 3.05) is 17.3 Å². The summed E-state index contributed by atoms with van der Waals surface area (Å²) in [6.45, 7) is 2.13. The van der Waals surface area contributed by atoms with Gasteiger partial charge in [0.05, 0.1) is 6.20 Å². The van der Waals surface area contributed by atoms with Crippen molar-refractivity contribution in [2.24, 2.45) is 0 Å². The zero-order valence-electron chi connectivity index (χ0n) is 7.32. The topological polar surface area (TPSA) is 37.8 Å². The maximum Gasteiger partial charge on any atom is 0.144 e. The molecule has 0 saturated carbocycles. The number of nitrogens with zero attached hydrogens (tertiary/aromatic N) is 2. The van der Waals surface area contributed by atoms with Gasteiger partial charge in [-0.05, 0) is 13.2 Å². The van der Waals surface area contributed by atoms with Crippen molar-refractivity contribution in [3.05, 3.63) is 18.6 Å². The van der Waals surface area contributed by atoms with E-state index in [1.54, 1.807) is 18.6 Å². The normalized spacial score (nSPS) is 12.5. The number of thioether (sulfide) groups is 1. The van der Waals surface area contributed by atoms with E-state index in [1.807, 2.05) is 11.8 Å². The largest absolute Gasteiger partial charge is 0.366 e. The second kappa shape index (κ2) is 4.98. The third-order valence-electron chi connectivity index (χ3n) is 1.37. The first-order chi connectivity index (χ1) is 5.83. The molecule has 0 radical (unpaired) electrons. The van der Waals surface area contributed by atoms with Crippen molar-refractivity contribution < 1.29 is 0 Å². The van der Waals surface area contributed by atoms with E-state index < -0.39 is 0 Å². The summed E-state index contributed by atoms with van der Waals surface area (Å²) < 4.78 is 0. The van der Waals surface area contributed by atoms with Crippen molar-refractivity contribution in [2.45, 2.75) is 13.0 Å². The van der Waals surface area contributed by atoms with E-state index in [1.165, 1.54) is 0 Å². The Labute approximate surface area is 77.0 Å². The van der Waals surface area contributed by atoms with Crippen LogP contribution in [0.25, 0.3) is 0 Å². The molecule has 1 atom stereocenters. The Bertz CT molecular complexity index is 215. The average Bonchev–Trinajstić information content (AvgIpc) is 2.06. The van der Waals surface area contributed by atoms with Crippen LogP contribution in [0.15, 0.2) is 18.6 Å². The van der Waals surface area contributed by atoms with Crippen LogP contribution in [0.1, 0.15) is 6.92 Å². The molecule has 0 aliphatic carbocycles. The number of hydrogen-bond donors (Lipinski definition) is 1. The number of aromatic nitrogens is 2. The molecule has 1 heterocycles. The van der Waals surface area contributed by atoms with Gasteiger partial charge < -0.3 is 5.32 Å². The van der Waals surface area contributed by atoms with Crippen LogP contribution < -0.4 is 5.32 Å². The first-order valence-corrected chi connectivity index (χ1v) is 5.24. The van der Waals surface area contributed by atoms with Gasteiger partial charge in [0.2, 0.25) is 0 Å². The smallest absolute Gasteiger partial charge is 0.144 e. The molecule has 4 heteroatoms. The van der Waals surface area contributed by atoms with Crippen LogP contribution in [0.4, 0.5) is 5.82 Å². The van der Waals surface area contributed by atoms with Gasteiger partial charge in [0, 0.05) is 24.2 Å². The first kappa shape index (κ1) is 9.32. The Balaban J connectivity index is 2.41. The van der Waals surface area contributed by atoms with Gasteiger partial charge >= 0.3 is 0 Å². The van der Waals surface area contributed by atoms with E-state index in [2.05, 4.69) is 28.5 Å². The third kappa shape index (κ3) is 3.09. The molecule has 0 spiro atoms. The van der Waals surface area contributed by atoms with E-state index in [9.17, 15) is 0 Å². The number of anilines is 1. The summed E-state index contributed by atoms with van der Waals surface area (Å²) in [5.74, 6) is 1.93. The highest BCUT2D eigenvalue weighted by Gasteiger charge is 2.00. The van der Waals surface area contributed by atoms with E-state index in [-0.39, 0.29) is 0 Å². The van der Waals surface area contributed by atoms with Crippen molar-refractivity contribution in [3.63, 3.8) is 0 Å². The molecular weight excluding hydrogens is 170 g/mol. The second-order valence-electron chi connectivity index (χ2n) is 2.59. The summed E-state index contributed by atoms with van der Waals surface area (Å²) >= 11 is 1.82. The zero-order chi connectivity index (χ0) is 8.81. The highest BCUT2D eigenvalue weighted by Crippen LogP contribution is 2.04. The molecule has 0 saturated heterocycles. The molecule has 0 bridgehead atoms. The Kier molecular flexibility index (Phi) is 3.87. The second-order valence-corrected chi connectivity index (χ2v) is 3.50. The molecule has 1 rings (SSSR count). The highest BCUT2D eigenvalue weighted by atomic mass is 32.2. The molecule has 12 heavy (non-hydrogen) atoms. The maximum atomic E-state index is 4.12. The molecule has 0 aromatic carbocycles. The minimum atomic E-state index is 0.441. The van der Waals surface area contributed by atoms with Gasteiger partial charge in [-0.15, -0.1) is 0 Å².